The van der Waals surface area contributed by atoms with Gasteiger partial charge in [0.1, 0.15) is 0 Å². The van der Waals surface area contributed by atoms with Gasteiger partial charge in [0.15, 0.2) is 0 Å². The van der Waals surface area contributed by atoms with Crippen LogP contribution in [0.1, 0.15) is 65.7 Å². The molecule has 0 aliphatic carbocycles. The van der Waals surface area contributed by atoms with Gasteiger partial charge in [0.2, 0.25) is 5.91 Å². The summed E-state index contributed by atoms with van der Waals surface area (Å²) in [4.78, 5) is 25.7. The van der Waals surface area contributed by atoms with Crippen molar-refractivity contribution in [1.29, 1.82) is 0 Å². The quantitative estimate of drug-likeness (QED) is 0.262. The number of unbranched alkanes of at least 4 members (excludes halogenated alkanes) is 2. The Morgan fingerprint density at radius 3 is 2.44 bits per heavy atom. The van der Waals surface area contributed by atoms with Gasteiger partial charge in [-0.05, 0) is 51.2 Å². The second-order valence-corrected chi connectivity index (χ2v) is 6.35. The number of carbonyl (C=O) groups is 2. The van der Waals surface area contributed by atoms with Crippen molar-refractivity contribution in [3.63, 3.8) is 0 Å². The Labute approximate surface area is 154 Å². The summed E-state index contributed by atoms with van der Waals surface area (Å²) in [5, 5.41) is 2.87. The van der Waals surface area contributed by atoms with E-state index in [1.807, 2.05) is 6.08 Å². The Balaban J connectivity index is 3.57. The largest absolute Gasteiger partial charge is 0.466 e. The monoisotopic (exact) mass is 354 g/mol. The highest BCUT2D eigenvalue weighted by atomic mass is 16.5. The summed E-state index contributed by atoms with van der Waals surface area (Å²) in [6.07, 6.45) is 7.30. The van der Waals surface area contributed by atoms with E-state index in [-0.39, 0.29) is 24.7 Å². The van der Waals surface area contributed by atoms with Crippen LogP contribution in [-0.2, 0) is 14.3 Å². The molecular formula is C20H38N2O3. The number of amides is 1. The number of ether oxygens (including phenoxy) is 1. The molecule has 0 saturated carbocycles. The van der Waals surface area contributed by atoms with Crippen LogP contribution in [0.4, 0.5) is 0 Å². The first-order chi connectivity index (χ1) is 12.1. The lowest BCUT2D eigenvalue weighted by molar-refractivity contribution is -0.145. The lowest BCUT2D eigenvalue weighted by atomic mass is 10.0. The molecule has 25 heavy (non-hydrogen) atoms. The number of esters is 1. The fraction of sp³-hybridized carbons (Fsp3) is 0.800. The fourth-order valence-electron chi connectivity index (χ4n) is 2.59. The summed E-state index contributed by atoms with van der Waals surface area (Å²) in [6.45, 7) is 14.6. The normalized spacial score (nSPS) is 12.0. The van der Waals surface area contributed by atoms with Crippen molar-refractivity contribution in [1.82, 2.24) is 10.2 Å². The maximum absolute atomic E-state index is 11.7. The Hall–Kier alpha value is -1.36. The first-order valence-electron chi connectivity index (χ1n) is 9.84. The molecule has 0 radical (unpaired) electrons. The molecule has 1 atom stereocenters. The number of hydrogen-bond acceptors (Lipinski definition) is 4. The lowest BCUT2D eigenvalue weighted by Crippen LogP contribution is -2.26. The molecule has 1 amide bonds. The van der Waals surface area contributed by atoms with Crippen molar-refractivity contribution in [3.05, 3.63) is 12.7 Å². The third-order valence-electron chi connectivity index (χ3n) is 4.53. The smallest absolute Gasteiger partial charge is 0.306 e. The molecule has 0 aromatic carbocycles. The van der Waals surface area contributed by atoms with Crippen LogP contribution in [0.2, 0.25) is 0 Å². The van der Waals surface area contributed by atoms with Crippen LogP contribution < -0.4 is 5.32 Å². The minimum atomic E-state index is -0.298. The van der Waals surface area contributed by atoms with Crippen molar-refractivity contribution in [2.75, 3.05) is 32.8 Å². The van der Waals surface area contributed by atoms with Crippen LogP contribution >= 0.6 is 0 Å². The van der Waals surface area contributed by atoms with Crippen molar-refractivity contribution in [2.45, 2.75) is 65.7 Å². The van der Waals surface area contributed by atoms with E-state index in [4.69, 9.17) is 4.74 Å². The van der Waals surface area contributed by atoms with Gasteiger partial charge in [0, 0.05) is 13.0 Å². The van der Waals surface area contributed by atoms with Gasteiger partial charge >= 0.3 is 5.97 Å². The minimum Gasteiger partial charge on any atom is -0.466 e. The number of hydrogen-bond donors (Lipinski definition) is 1. The molecule has 0 aromatic rings. The fourth-order valence-corrected chi connectivity index (χ4v) is 2.59. The summed E-state index contributed by atoms with van der Waals surface area (Å²) in [5.41, 5.74) is 0. The molecule has 0 heterocycles. The summed E-state index contributed by atoms with van der Waals surface area (Å²) in [5.74, 6) is 0.0179. The zero-order valence-corrected chi connectivity index (χ0v) is 16.5. The highest BCUT2D eigenvalue weighted by Gasteiger charge is 2.09. The summed E-state index contributed by atoms with van der Waals surface area (Å²) >= 11 is 0. The topological polar surface area (TPSA) is 58.6 Å². The van der Waals surface area contributed by atoms with Gasteiger partial charge in [-0.25, -0.2) is 0 Å². The van der Waals surface area contributed by atoms with Gasteiger partial charge in [-0.1, -0.05) is 33.3 Å². The molecular weight excluding hydrogens is 316 g/mol. The maximum atomic E-state index is 11.7. The molecule has 5 heteroatoms. The summed E-state index contributed by atoms with van der Waals surface area (Å²) < 4.78 is 5.16. The zero-order valence-electron chi connectivity index (χ0n) is 16.5. The molecule has 1 N–H and O–H groups in total. The van der Waals surface area contributed by atoms with E-state index >= 15 is 0 Å². The van der Waals surface area contributed by atoms with Crippen LogP contribution in [-0.4, -0.2) is 49.6 Å². The van der Waals surface area contributed by atoms with E-state index in [1.165, 1.54) is 0 Å². The minimum absolute atomic E-state index is 0.0711. The lowest BCUT2D eigenvalue weighted by Gasteiger charge is -2.17. The van der Waals surface area contributed by atoms with E-state index in [9.17, 15) is 9.59 Å². The second kappa shape index (κ2) is 16.1. The molecule has 0 aliphatic rings. The van der Waals surface area contributed by atoms with Gasteiger partial charge in [-0.15, -0.1) is 6.58 Å². The first kappa shape index (κ1) is 23.6. The zero-order chi connectivity index (χ0) is 18.9. The second-order valence-electron chi connectivity index (χ2n) is 6.35. The molecule has 1 unspecified atom stereocenters. The van der Waals surface area contributed by atoms with Crippen molar-refractivity contribution < 1.29 is 14.3 Å². The van der Waals surface area contributed by atoms with Gasteiger partial charge in [0.25, 0.3) is 0 Å². The van der Waals surface area contributed by atoms with E-state index in [1.54, 1.807) is 0 Å². The SMILES string of the molecule is C=CC(CC)CCOC(=O)CCC(=O)NCCCCCN(CC)CC. The van der Waals surface area contributed by atoms with Crippen molar-refractivity contribution in [3.8, 4) is 0 Å². The first-order valence-corrected chi connectivity index (χ1v) is 9.84. The predicted molar refractivity (Wildman–Crippen MR) is 103 cm³/mol. The molecule has 0 fully saturated rings. The van der Waals surface area contributed by atoms with Crippen LogP contribution in [0.25, 0.3) is 0 Å². The molecule has 0 rings (SSSR count). The van der Waals surface area contributed by atoms with Gasteiger partial charge in [0.05, 0.1) is 13.0 Å². The Kier molecular flexibility index (Phi) is 15.2. The molecule has 5 nitrogen and oxygen atoms in total. The molecule has 0 spiro atoms. The number of nitrogens with one attached hydrogen (secondary N) is 1. The molecule has 0 saturated heterocycles. The van der Waals surface area contributed by atoms with E-state index in [0.717, 1.165) is 51.7 Å². The van der Waals surface area contributed by atoms with Crippen LogP contribution in [0, 0.1) is 5.92 Å². The molecule has 0 aromatic heterocycles. The van der Waals surface area contributed by atoms with Crippen LogP contribution in [0.5, 0.6) is 0 Å². The Morgan fingerprint density at radius 2 is 1.84 bits per heavy atom. The number of nitrogens with zero attached hydrogens (tertiary/aromatic N) is 1. The molecule has 146 valence electrons. The third kappa shape index (κ3) is 13.6. The number of carbonyl (C=O) groups excluding carboxylic acids is 2. The van der Waals surface area contributed by atoms with Gasteiger partial charge in [-0.3, -0.25) is 9.59 Å². The van der Waals surface area contributed by atoms with Crippen molar-refractivity contribution in [2.24, 2.45) is 5.92 Å². The standard InChI is InChI=1S/C20H38N2O3/c1-5-18(6-2)14-17-25-20(24)13-12-19(23)21-15-10-9-11-16-22(7-3)8-4/h5,18H,1,6-17H2,2-4H3,(H,21,23). The molecule has 0 aliphatic heterocycles. The highest BCUT2D eigenvalue weighted by molar-refractivity contribution is 5.81. The summed E-state index contributed by atoms with van der Waals surface area (Å²) in [7, 11) is 0. The maximum Gasteiger partial charge on any atom is 0.306 e. The third-order valence-corrected chi connectivity index (χ3v) is 4.53. The molecule has 0 bridgehead atoms. The van der Waals surface area contributed by atoms with Crippen LogP contribution in [0.3, 0.4) is 0 Å². The average Bonchev–Trinajstić information content (AvgIpc) is 2.63. The average molecular weight is 355 g/mol. The van der Waals surface area contributed by atoms with E-state index in [0.29, 0.717) is 19.1 Å². The number of rotatable bonds is 16. The van der Waals surface area contributed by atoms with E-state index in [2.05, 4.69) is 37.6 Å². The highest BCUT2D eigenvalue weighted by Crippen LogP contribution is 2.09. The van der Waals surface area contributed by atoms with Gasteiger partial charge in [-0.2, -0.15) is 0 Å². The predicted octanol–water partition coefficient (Wildman–Crippen LogP) is 3.54. The Morgan fingerprint density at radius 1 is 1.12 bits per heavy atom. The Bertz CT molecular complexity index is 368. The number of allylic oxidation sites excluding steroid dienone is 1. The van der Waals surface area contributed by atoms with Gasteiger partial charge < -0.3 is 15.0 Å². The summed E-state index contributed by atoms with van der Waals surface area (Å²) in [6, 6.07) is 0. The van der Waals surface area contributed by atoms with Crippen molar-refractivity contribution >= 4 is 11.9 Å². The van der Waals surface area contributed by atoms with E-state index < -0.39 is 0 Å². The van der Waals surface area contributed by atoms with Crippen LogP contribution in [0.15, 0.2) is 12.7 Å².